The number of halogens is 1. The van der Waals surface area contributed by atoms with Gasteiger partial charge in [0.1, 0.15) is 11.6 Å². The molecule has 0 saturated carbocycles. The SMILES string of the molecule is CCOC(=O)COc1ccccc1/C=N/NC(=O)Cc1ccc(F)cc1. The first-order valence-electron chi connectivity index (χ1n) is 8.02. The fourth-order valence-electron chi connectivity index (χ4n) is 2.06. The van der Waals surface area contributed by atoms with Gasteiger partial charge in [-0.2, -0.15) is 5.10 Å². The minimum atomic E-state index is -0.466. The number of carbonyl (C=O) groups excluding carboxylic acids is 2. The summed E-state index contributed by atoms with van der Waals surface area (Å²) in [6.07, 6.45) is 1.50. The Morgan fingerprint density at radius 3 is 2.62 bits per heavy atom. The summed E-state index contributed by atoms with van der Waals surface area (Å²) < 4.78 is 23.0. The highest BCUT2D eigenvalue weighted by molar-refractivity contribution is 5.85. The summed E-state index contributed by atoms with van der Waals surface area (Å²) in [5, 5.41) is 3.88. The summed E-state index contributed by atoms with van der Waals surface area (Å²) in [4.78, 5) is 23.2. The van der Waals surface area contributed by atoms with Crippen molar-refractivity contribution in [2.75, 3.05) is 13.2 Å². The van der Waals surface area contributed by atoms with Gasteiger partial charge in [-0.3, -0.25) is 4.79 Å². The Labute approximate surface area is 150 Å². The topological polar surface area (TPSA) is 77.0 Å². The van der Waals surface area contributed by atoms with Crippen LogP contribution in [0.15, 0.2) is 53.6 Å². The van der Waals surface area contributed by atoms with E-state index in [2.05, 4.69) is 10.5 Å². The quantitative estimate of drug-likeness (QED) is 0.447. The van der Waals surface area contributed by atoms with Gasteiger partial charge in [0.15, 0.2) is 6.61 Å². The first-order valence-corrected chi connectivity index (χ1v) is 8.02. The smallest absolute Gasteiger partial charge is 0.344 e. The van der Waals surface area contributed by atoms with Crippen molar-refractivity contribution in [1.29, 1.82) is 0 Å². The normalized spacial score (nSPS) is 10.5. The van der Waals surface area contributed by atoms with E-state index in [1.54, 1.807) is 31.2 Å². The van der Waals surface area contributed by atoms with Crippen LogP contribution in [-0.4, -0.2) is 31.3 Å². The second-order valence-electron chi connectivity index (χ2n) is 5.23. The van der Waals surface area contributed by atoms with Gasteiger partial charge in [0.05, 0.1) is 19.2 Å². The molecule has 0 bridgehead atoms. The molecule has 0 aliphatic heterocycles. The summed E-state index contributed by atoms with van der Waals surface area (Å²) in [5.41, 5.74) is 3.67. The van der Waals surface area contributed by atoms with E-state index in [4.69, 9.17) is 9.47 Å². The molecule has 7 heteroatoms. The van der Waals surface area contributed by atoms with Crippen molar-refractivity contribution < 1.29 is 23.5 Å². The number of nitrogens with one attached hydrogen (secondary N) is 1. The van der Waals surface area contributed by atoms with Crippen LogP contribution in [-0.2, 0) is 20.7 Å². The maximum Gasteiger partial charge on any atom is 0.344 e. The van der Waals surface area contributed by atoms with Crippen LogP contribution in [0.3, 0.4) is 0 Å². The molecule has 0 aliphatic rings. The van der Waals surface area contributed by atoms with Crippen molar-refractivity contribution >= 4 is 18.1 Å². The average Bonchev–Trinajstić information content (AvgIpc) is 2.63. The molecule has 1 amide bonds. The predicted octanol–water partition coefficient (Wildman–Crippen LogP) is 2.46. The number of ether oxygens (including phenoxy) is 2. The number of benzene rings is 2. The number of hydrazone groups is 1. The number of hydrogen-bond donors (Lipinski definition) is 1. The lowest BCUT2D eigenvalue weighted by Crippen LogP contribution is -2.20. The molecule has 0 aliphatic carbocycles. The number of rotatable bonds is 8. The van der Waals surface area contributed by atoms with Crippen molar-refractivity contribution in [1.82, 2.24) is 5.43 Å². The summed E-state index contributed by atoms with van der Waals surface area (Å²) in [7, 11) is 0. The zero-order chi connectivity index (χ0) is 18.8. The third kappa shape index (κ3) is 6.35. The van der Waals surface area contributed by atoms with E-state index in [-0.39, 0.29) is 31.4 Å². The van der Waals surface area contributed by atoms with Gasteiger partial charge in [-0.25, -0.2) is 14.6 Å². The largest absolute Gasteiger partial charge is 0.481 e. The van der Waals surface area contributed by atoms with Crippen LogP contribution in [0.1, 0.15) is 18.1 Å². The summed E-state index contributed by atoms with van der Waals surface area (Å²) >= 11 is 0. The lowest BCUT2D eigenvalue weighted by molar-refractivity contribution is -0.145. The minimum absolute atomic E-state index is 0.0820. The molecule has 2 aromatic carbocycles. The van der Waals surface area contributed by atoms with Gasteiger partial charge < -0.3 is 9.47 Å². The number of nitrogens with zero attached hydrogens (tertiary/aromatic N) is 1. The van der Waals surface area contributed by atoms with Crippen molar-refractivity contribution in [3.05, 3.63) is 65.5 Å². The minimum Gasteiger partial charge on any atom is -0.481 e. The van der Waals surface area contributed by atoms with E-state index in [0.717, 1.165) is 0 Å². The van der Waals surface area contributed by atoms with Gasteiger partial charge in [0.25, 0.3) is 0 Å². The van der Waals surface area contributed by atoms with Crippen molar-refractivity contribution in [3.63, 3.8) is 0 Å². The third-order valence-corrected chi connectivity index (χ3v) is 3.24. The second kappa shape index (κ2) is 9.93. The number of para-hydroxylation sites is 1. The summed E-state index contributed by atoms with van der Waals surface area (Å²) in [6.45, 7) is 1.79. The van der Waals surface area contributed by atoms with Crippen LogP contribution in [0.5, 0.6) is 5.75 Å². The monoisotopic (exact) mass is 358 g/mol. The van der Waals surface area contributed by atoms with E-state index in [1.165, 1.54) is 30.5 Å². The zero-order valence-electron chi connectivity index (χ0n) is 14.3. The molecule has 1 N–H and O–H groups in total. The Kier molecular flexibility index (Phi) is 7.30. The maximum absolute atomic E-state index is 12.8. The molecule has 0 radical (unpaired) electrons. The molecule has 136 valence electrons. The lowest BCUT2D eigenvalue weighted by Gasteiger charge is -2.08. The molecule has 0 saturated heterocycles. The molecule has 0 atom stereocenters. The molecule has 0 heterocycles. The Morgan fingerprint density at radius 1 is 1.15 bits per heavy atom. The Hall–Kier alpha value is -3.22. The van der Waals surface area contributed by atoms with Crippen LogP contribution in [0.25, 0.3) is 0 Å². The molecule has 0 spiro atoms. The van der Waals surface area contributed by atoms with Gasteiger partial charge in [-0.15, -0.1) is 0 Å². The van der Waals surface area contributed by atoms with E-state index in [9.17, 15) is 14.0 Å². The van der Waals surface area contributed by atoms with Gasteiger partial charge in [-0.1, -0.05) is 24.3 Å². The molecule has 2 rings (SSSR count). The Morgan fingerprint density at radius 2 is 1.88 bits per heavy atom. The Balaban J connectivity index is 1.90. The first-order chi connectivity index (χ1) is 12.6. The number of hydrogen-bond acceptors (Lipinski definition) is 5. The Bertz CT molecular complexity index is 775. The van der Waals surface area contributed by atoms with Gasteiger partial charge in [0, 0.05) is 5.56 Å². The second-order valence-corrected chi connectivity index (χ2v) is 5.23. The lowest BCUT2D eigenvalue weighted by atomic mass is 10.1. The van der Waals surface area contributed by atoms with Crippen LogP contribution >= 0.6 is 0 Å². The molecule has 26 heavy (non-hydrogen) atoms. The molecule has 6 nitrogen and oxygen atoms in total. The average molecular weight is 358 g/mol. The summed E-state index contributed by atoms with van der Waals surface area (Å²) in [5.74, 6) is -0.715. The van der Waals surface area contributed by atoms with Gasteiger partial charge in [0.2, 0.25) is 5.91 Å². The fraction of sp³-hybridized carbons (Fsp3) is 0.211. The predicted molar refractivity (Wildman–Crippen MR) is 94.4 cm³/mol. The van der Waals surface area contributed by atoms with E-state index >= 15 is 0 Å². The molecule has 0 aromatic heterocycles. The van der Waals surface area contributed by atoms with Crippen LogP contribution in [0.2, 0.25) is 0 Å². The maximum atomic E-state index is 12.8. The highest BCUT2D eigenvalue weighted by Crippen LogP contribution is 2.15. The van der Waals surface area contributed by atoms with Gasteiger partial charge >= 0.3 is 5.97 Å². The highest BCUT2D eigenvalue weighted by atomic mass is 19.1. The van der Waals surface area contributed by atoms with E-state index < -0.39 is 5.97 Å². The summed E-state index contributed by atoms with van der Waals surface area (Å²) in [6, 6.07) is 12.6. The standard InChI is InChI=1S/C19H19FN2O4/c1-2-25-19(24)13-26-17-6-4-3-5-15(17)12-21-22-18(23)11-14-7-9-16(20)10-8-14/h3-10,12H,2,11,13H2,1H3,(H,22,23)/b21-12+. The van der Waals surface area contributed by atoms with Crippen LogP contribution in [0, 0.1) is 5.82 Å². The zero-order valence-corrected chi connectivity index (χ0v) is 14.3. The van der Waals surface area contributed by atoms with Crippen molar-refractivity contribution in [2.45, 2.75) is 13.3 Å². The molecule has 0 unspecified atom stereocenters. The molecular weight excluding hydrogens is 339 g/mol. The van der Waals surface area contributed by atoms with E-state index in [0.29, 0.717) is 16.9 Å². The molecule has 2 aromatic rings. The first kappa shape index (κ1) is 19.1. The third-order valence-electron chi connectivity index (χ3n) is 3.24. The number of esters is 1. The van der Waals surface area contributed by atoms with E-state index in [1.807, 2.05) is 0 Å². The van der Waals surface area contributed by atoms with Crippen molar-refractivity contribution in [2.24, 2.45) is 5.10 Å². The number of amides is 1. The fourth-order valence-corrected chi connectivity index (χ4v) is 2.06. The highest BCUT2D eigenvalue weighted by Gasteiger charge is 2.06. The number of carbonyl (C=O) groups is 2. The molecular formula is C19H19FN2O4. The van der Waals surface area contributed by atoms with Gasteiger partial charge in [-0.05, 0) is 36.8 Å². The van der Waals surface area contributed by atoms with Crippen LogP contribution in [0.4, 0.5) is 4.39 Å². The van der Waals surface area contributed by atoms with Crippen LogP contribution < -0.4 is 10.2 Å². The molecule has 0 fully saturated rings. The van der Waals surface area contributed by atoms with Crippen molar-refractivity contribution in [3.8, 4) is 5.75 Å².